The molecule has 0 atom stereocenters. The van der Waals surface area contributed by atoms with E-state index in [-0.39, 0.29) is 11.3 Å². The van der Waals surface area contributed by atoms with Crippen molar-refractivity contribution in [3.8, 4) is 11.5 Å². The maximum atomic E-state index is 12.6. The van der Waals surface area contributed by atoms with E-state index >= 15 is 0 Å². The minimum Gasteiger partial charge on any atom is -0.495 e. The molecule has 0 aliphatic carbocycles. The molecule has 0 saturated carbocycles. The van der Waals surface area contributed by atoms with Crippen LogP contribution in [-0.2, 0) is 0 Å². The number of methoxy groups -OCH3 is 1. The Morgan fingerprint density at radius 3 is 2.35 bits per heavy atom. The van der Waals surface area contributed by atoms with E-state index in [4.69, 9.17) is 15.2 Å². The van der Waals surface area contributed by atoms with Crippen LogP contribution in [0.3, 0.4) is 0 Å². The second kappa shape index (κ2) is 7.31. The molecule has 0 fully saturated rings. The molecule has 0 aliphatic rings. The van der Waals surface area contributed by atoms with E-state index in [1.807, 2.05) is 6.92 Å². The zero-order chi connectivity index (χ0) is 16.8. The summed E-state index contributed by atoms with van der Waals surface area (Å²) in [4.78, 5) is 24.1. The van der Waals surface area contributed by atoms with Gasteiger partial charge in [-0.2, -0.15) is 0 Å². The number of nitrogens with two attached hydrogens (primary N) is 1. The van der Waals surface area contributed by atoms with Gasteiger partial charge in [0.05, 0.1) is 30.5 Å². The van der Waals surface area contributed by atoms with Crippen LogP contribution in [-0.4, -0.2) is 25.5 Å². The average Bonchev–Trinajstić information content (AvgIpc) is 2.55. The predicted octanol–water partition coefficient (Wildman–Crippen LogP) is 2.45. The number of amides is 2. The molecule has 0 spiro atoms. The molecule has 6 heteroatoms. The van der Waals surface area contributed by atoms with Gasteiger partial charge in [-0.3, -0.25) is 9.59 Å². The molecule has 6 nitrogen and oxygen atoms in total. The second-order valence-corrected chi connectivity index (χ2v) is 4.63. The van der Waals surface area contributed by atoms with Crippen molar-refractivity contribution in [3.05, 3.63) is 53.6 Å². The Kier molecular flexibility index (Phi) is 5.19. The molecule has 0 aliphatic heterocycles. The standard InChI is InChI=1S/C17H18N2O4/c1-3-23-13-9-5-4-7-11(13)17(21)19-15-12(16(18)20)8-6-10-14(15)22-2/h4-10H,3H2,1-2H3,(H2,18,20)(H,19,21). The third-order valence-corrected chi connectivity index (χ3v) is 3.18. The van der Waals surface area contributed by atoms with E-state index in [9.17, 15) is 9.59 Å². The Hall–Kier alpha value is -3.02. The number of primary amides is 1. The van der Waals surface area contributed by atoms with Crippen molar-refractivity contribution in [2.75, 3.05) is 19.0 Å². The number of hydrogen-bond acceptors (Lipinski definition) is 4. The maximum absolute atomic E-state index is 12.6. The smallest absolute Gasteiger partial charge is 0.259 e. The van der Waals surface area contributed by atoms with Crippen LogP contribution in [0.25, 0.3) is 0 Å². The number of anilines is 1. The van der Waals surface area contributed by atoms with E-state index in [1.165, 1.54) is 13.2 Å². The molecule has 2 rings (SSSR count). The third kappa shape index (κ3) is 3.60. The van der Waals surface area contributed by atoms with Gasteiger partial charge in [-0.1, -0.05) is 18.2 Å². The molecule has 0 aromatic heterocycles. The molecule has 23 heavy (non-hydrogen) atoms. The van der Waals surface area contributed by atoms with Crippen molar-refractivity contribution in [1.29, 1.82) is 0 Å². The summed E-state index contributed by atoms with van der Waals surface area (Å²) in [6.45, 7) is 2.27. The molecule has 0 unspecified atom stereocenters. The number of carbonyl (C=O) groups excluding carboxylic acids is 2. The van der Waals surface area contributed by atoms with E-state index in [0.717, 1.165) is 0 Å². The fourth-order valence-electron chi connectivity index (χ4n) is 2.15. The third-order valence-electron chi connectivity index (χ3n) is 3.18. The zero-order valence-corrected chi connectivity index (χ0v) is 13.0. The average molecular weight is 314 g/mol. The van der Waals surface area contributed by atoms with Gasteiger partial charge < -0.3 is 20.5 Å². The molecular formula is C17H18N2O4. The van der Waals surface area contributed by atoms with Gasteiger partial charge in [-0.05, 0) is 31.2 Å². The first kappa shape index (κ1) is 16.4. The highest BCUT2D eigenvalue weighted by molar-refractivity contribution is 6.11. The summed E-state index contributed by atoms with van der Waals surface area (Å²) >= 11 is 0. The van der Waals surface area contributed by atoms with Crippen molar-refractivity contribution >= 4 is 17.5 Å². The Balaban J connectivity index is 2.40. The molecule has 2 aromatic carbocycles. The predicted molar refractivity (Wildman–Crippen MR) is 87.1 cm³/mol. The van der Waals surface area contributed by atoms with E-state index in [2.05, 4.69) is 5.32 Å². The highest BCUT2D eigenvalue weighted by Crippen LogP contribution is 2.29. The van der Waals surface area contributed by atoms with Gasteiger partial charge in [0.1, 0.15) is 11.5 Å². The number of nitrogens with one attached hydrogen (secondary N) is 1. The number of para-hydroxylation sites is 2. The van der Waals surface area contributed by atoms with Crippen LogP contribution in [0.4, 0.5) is 5.69 Å². The summed E-state index contributed by atoms with van der Waals surface area (Å²) in [5.74, 6) is -0.259. The number of carbonyl (C=O) groups is 2. The van der Waals surface area contributed by atoms with E-state index in [0.29, 0.717) is 23.7 Å². The summed E-state index contributed by atoms with van der Waals surface area (Å²) in [6.07, 6.45) is 0. The van der Waals surface area contributed by atoms with Gasteiger partial charge in [-0.25, -0.2) is 0 Å². The van der Waals surface area contributed by atoms with Crippen molar-refractivity contribution in [1.82, 2.24) is 0 Å². The lowest BCUT2D eigenvalue weighted by Gasteiger charge is -2.14. The van der Waals surface area contributed by atoms with Gasteiger partial charge in [0, 0.05) is 0 Å². The fraction of sp³-hybridized carbons (Fsp3) is 0.176. The first-order valence-corrected chi connectivity index (χ1v) is 7.08. The number of hydrogen-bond donors (Lipinski definition) is 2. The van der Waals surface area contributed by atoms with E-state index in [1.54, 1.807) is 36.4 Å². The Morgan fingerprint density at radius 2 is 1.70 bits per heavy atom. The topological polar surface area (TPSA) is 90.7 Å². The zero-order valence-electron chi connectivity index (χ0n) is 13.0. The lowest BCUT2D eigenvalue weighted by Crippen LogP contribution is -2.19. The van der Waals surface area contributed by atoms with Crippen LogP contribution < -0.4 is 20.5 Å². The first-order valence-electron chi connectivity index (χ1n) is 7.08. The first-order chi connectivity index (χ1) is 11.1. The highest BCUT2D eigenvalue weighted by atomic mass is 16.5. The van der Waals surface area contributed by atoms with Crippen LogP contribution in [0, 0.1) is 0 Å². The van der Waals surface area contributed by atoms with E-state index < -0.39 is 11.8 Å². The normalized spacial score (nSPS) is 10.0. The summed E-state index contributed by atoms with van der Waals surface area (Å²) < 4.78 is 10.6. The summed E-state index contributed by atoms with van der Waals surface area (Å²) in [5, 5.41) is 2.68. The summed E-state index contributed by atoms with van der Waals surface area (Å²) in [7, 11) is 1.45. The molecule has 0 bridgehead atoms. The quantitative estimate of drug-likeness (QED) is 0.857. The van der Waals surface area contributed by atoms with Gasteiger partial charge in [0.25, 0.3) is 11.8 Å². The van der Waals surface area contributed by atoms with Crippen molar-refractivity contribution in [2.45, 2.75) is 6.92 Å². The van der Waals surface area contributed by atoms with Gasteiger partial charge in [0.15, 0.2) is 0 Å². The van der Waals surface area contributed by atoms with Gasteiger partial charge >= 0.3 is 0 Å². The van der Waals surface area contributed by atoms with Crippen LogP contribution in [0.15, 0.2) is 42.5 Å². The molecule has 120 valence electrons. The Labute approximate surface area is 134 Å². The van der Waals surface area contributed by atoms with Gasteiger partial charge in [0.2, 0.25) is 0 Å². The lowest BCUT2D eigenvalue weighted by molar-refractivity contribution is 0.100. The minimum atomic E-state index is -0.655. The monoisotopic (exact) mass is 314 g/mol. The largest absolute Gasteiger partial charge is 0.495 e. The summed E-state index contributed by atoms with van der Waals surface area (Å²) in [5.41, 5.74) is 6.12. The molecule has 0 saturated heterocycles. The number of benzene rings is 2. The fourth-order valence-corrected chi connectivity index (χ4v) is 2.15. The molecule has 3 N–H and O–H groups in total. The minimum absolute atomic E-state index is 0.173. The van der Waals surface area contributed by atoms with Crippen LogP contribution in [0.1, 0.15) is 27.6 Å². The van der Waals surface area contributed by atoms with Crippen LogP contribution in [0.2, 0.25) is 0 Å². The van der Waals surface area contributed by atoms with Crippen molar-refractivity contribution < 1.29 is 19.1 Å². The molecular weight excluding hydrogens is 296 g/mol. The van der Waals surface area contributed by atoms with Gasteiger partial charge in [-0.15, -0.1) is 0 Å². The molecule has 2 aromatic rings. The van der Waals surface area contributed by atoms with Crippen molar-refractivity contribution in [3.63, 3.8) is 0 Å². The van der Waals surface area contributed by atoms with Crippen LogP contribution in [0.5, 0.6) is 11.5 Å². The lowest BCUT2D eigenvalue weighted by atomic mass is 10.1. The SMILES string of the molecule is CCOc1ccccc1C(=O)Nc1c(OC)cccc1C(N)=O. The van der Waals surface area contributed by atoms with Crippen LogP contribution >= 0.6 is 0 Å². The maximum Gasteiger partial charge on any atom is 0.259 e. The Morgan fingerprint density at radius 1 is 1.04 bits per heavy atom. The molecule has 2 amide bonds. The molecule has 0 heterocycles. The molecule has 0 radical (unpaired) electrons. The summed E-state index contributed by atoms with van der Waals surface area (Å²) in [6, 6.07) is 11.6. The highest BCUT2D eigenvalue weighted by Gasteiger charge is 2.18. The second-order valence-electron chi connectivity index (χ2n) is 4.63. The van der Waals surface area contributed by atoms with Crippen molar-refractivity contribution in [2.24, 2.45) is 5.73 Å². The Bertz CT molecular complexity index is 728. The number of rotatable bonds is 6. The number of ether oxygens (including phenoxy) is 2.